The second-order valence-electron chi connectivity index (χ2n) is 6.67. The Labute approximate surface area is 155 Å². The van der Waals surface area contributed by atoms with Crippen LogP contribution < -0.4 is 0 Å². The fourth-order valence-electron chi connectivity index (χ4n) is 3.60. The number of nitro benzene ring substituents is 1. The van der Waals surface area contributed by atoms with Gasteiger partial charge in [-0.25, -0.2) is 4.98 Å². The Bertz CT molecular complexity index is 821. The molecule has 4 rings (SSSR count). The lowest BCUT2D eigenvalue weighted by atomic mass is 10.1. The SMILES string of the molecule is O=C(c1ccccc1[N+](=O)[O-])N1CCN(Cc2nc3c(s2)CCC3)CC1. The van der Waals surface area contributed by atoms with Crippen LogP contribution in [0, 0.1) is 10.1 Å². The van der Waals surface area contributed by atoms with Gasteiger partial charge in [-0.3, -0.25) is 19.8 Å². The summed E-state index contributed by atoms with van der Waals surface area (Å²) in [7, 11) is 0. The summed E-state index contributed by atoms with van der Waals surface area (Å²) in [4.78, 5) is 33.5. The number of fused-ring (bicyclic) bond motifs is 1. The van der Waals surface area contributed by atoms with Crippen LogP contribution in [0.2, 0.25) is 0 Å². The number of hydrogen-bond donors (Lipinski definition) is 0. The molecule has 1 aliphatic carbocycles. The maximum atomic E-state index is 12.7. The standard InChI is InChI=1S/C18H20N4O3S/c23-18(13-4-1-2-6-15(13)22(24)25)21-10-8-20(9-11-21)12-17-19-14-5-3-7-16(14)26-17/h1-2,4,6H,3,5,7-12H2. The van der Waals surface area contributed by atoms with Gasteiger partial charge in [0, 0.05) is 37.1 Å². The number of aromatic nitrogens is 1. The molecule has 1 saturated heterocycles. The van der Waals surface area contributed by atoms with E-state index in [1.54, 1.807) is 17.0 Å². The van der Waals surface area contributed by atoms with Crippen LogP contribution in [0.15, 0.2) is 24.3 Å². The molecule has 7 nitrogen and oxygen atoms in total. The number of nitro groups is 1. The number of carbonyl (C=O) groups excluding carboxylic acids is 1. The van der Waals surface area contributed by atoms with E-state index in [4.69, 9.17) is 4.98 Å². The topological polar surface area (TPSA) is 79.6 Å². The third-order valence-electron chi connectivity index (χ3n) is 4.99. The Morgan fingerprint density at radius 1 is 1.19 bits per heavy atom. The highest BCUT2D eigenvalue weighted by Crippen LogP contribution is 2.28. The summed E-state index contributed by atoms with van der Waals surface area (Å²) in [6, 6.07) is 6.16. The van der Waals surface area contributed by atoms with Crippen molar-refractivity contribution in [2.75, 3.05) is 26.2 Å². The predicted molar refractivity (Wildman–Crippen MR) is 98.4 cm³/mol. The number of hydrogen-bond acceptors (Lipinski definition) is 6. The first-order valence-corrected chi connectivity index (χ1v) is 9.66. The summed E-state index contributed by atoms with van der Waals surface area (Å²) in [6.07, 6.45) is 3.48. The van der Waals surface area contributed by atoms with E-state index in [-0.39, 0.29) is 17.2 Å². The molecule has 0 unspecified atom stereocenters. The second-order valence-corrected chi connectivity index (χ2v) is 7.84. The van der Waals surface area contributed by atoms with Crippen LogP contribution in [-0.4, -0.2) is 51.8 Å². The maximum absolute atomic E-state index is 12.7. The van der Waals surface area contributed by atoms with Crippen molar-refractivity contribution in [1.29, 1.82) is 0 Å². The normalized spacial score (nSPS) is 17.3. The lowest BCUT2D eigenvalue weighted by Crippen LogP contribution is -2.48. The van der Waals surface area contributed by atoms with Gasteiger partial charge in [0.1, 0.15) is 10.6 Å². The third kappa shape index (κ3) is 3.34. The number of piperazine rings is 1. The molecule has 0 atom stereocenters. The molecule has 0 saturated carbocycles. The van der Waals surface area contributed by atoms with E-state index >= 15 is 0 Å². The number of carbonyl (C=O) groups is 1. The Hall–Kier alpha value is -2.32. The fraction of sp³-hybridized carbons (Fsp3) is 0.444. The average Bonchev–Trinajstić information content (AvgIpc) is 3.23. The van der Waals surface area contributed by atoms with E-state index in [0.717, 1.165) is 37.5 Å². The lowest BCUT2D eigenvalue weighted by molar-refractivity contribution is -0.385. The minimum Gasteiger partial charge on any atom is -0.336 e. The third-order valence-corrected chi connectivity index (χ3v) is 6.13. The molecule has 1 aliphatic heterocycles. The molecule has 26 heavy (non-hydrogen) atoms. The van der Waals surface area contributed by atoms with Crippen LogP contribution in [0.5, 0.6) is 0 Å². The quantitative estimate of drug-likeness (QED) is 0.609. The minimum absolute atomic E-state index is 0.128. The molecule has 0 spiro atoms. The molecule has 2 aliphatic rings. The number of nitrogens with zero attached hydrogens (tertiary/aromatic N) is 4. The molecule has 0 radical (unpaired) electrons. The predicted octanol–water partition coefficient (Wildman–Crippen LogP) is 2.50. The van der Waals surface area contributed by atoms with Gasteiger partial charge in [0.05, 0.1) is 17.2 Å². The zero-order chi connectivity index (χ0) is 18.1. The number of benzene rings is 1. The Morgan fingerprint density at radius 3 is 2.69 bits per heavy atom. The van der Waals surface area contributed by atoms with Crippen molar-refractivity contribution in [3.8, 4) is 0 Å². The van der Waals surface area contributed by atoms with Crippen molar-refractivity contribution < 1.29 is 9.72 Å². The fourth-order valence-corrected chi connectivity index (χ4v) is 4.80. The molecule has 8 heteroatoms. The largest absolute Gasteiger partial charge is 0.336 e. The maximum Gasteiger partial charge on any atom is 0.282 e. The van der Waals surface area contributed by atoms with E-state index in [1.165, 1.54) is 29.1 Å². The summed E-state index contributed by atoms with van der Waals surface area (Å²) in [5.74, 6) is -0.259. The van der Waals surface area contributed by atoms with Gasteiger partial charge in [0.2, 0.25) is 0 Å². The number of para-hydroxylation sites is 1. The molecule has 1 aromatic carbocycles. The molecule has 0 N–H and O–H groups in total. The average molecular weight is 372 g/mol. The first kappa shape index (κ1) is 17.1. The van der Waals surface area contributed by atoms with Crippen LogP contribution in [0.25, 0.3) is 0 Å². The summed E-state index contributed by atoms with van der Waals surface area (Å²) < 4.78 is 0. The summed E-state index contributed by atoms with van der Waals surface area (Å²) in [5.41, 5.74) is 1.31. The van der Waals surface area contributed by atoms with Crippen molar-refractivity contribution in [3.05, 3.63) is 55.5 Å². The van der Waals surface area contributed by atoms with Gasteiger partial charge in [-0.2, -0.15) is 0 Å². The first-order valence-electron chi connectivity index (χ1n) is 8.84. The van der Waals surface area contributed by atoms with Gasteiger partial charge in [-0.1, -0.05) is 12.1 Å². The summed E-state index contributed by atoms with van der Waals surface area (Å²) in [6.45, 7) is 3.50. The highest BCUT2D eigenvalue weighted by atomic mass is 32.1. The van der Waals surface area contributed by atoms with E-state index in [9.17, 15) is 14.9 Å². The Balaban J connectivity index is 1.37. The highest BCUT2D eigenvalue weighted by Gasteiger charge is 2.27. The molecule has 136 valence electrons. The van der Waals surface area contributed by atoms with Gasteiger partial charge in [0.15, 0.2) is 0 Å². The van der Waals surface area contributed by atoms with Gasteiger partial charge in [-0.15, -0.1) is 11.3 Å². The molecule has 2 heterocycles. The molecular formula is C18H20N4O3S. The molecular weight excluding hydrogens is 352 g/mol. The highest BCUT2D eigenvalue weighted by molar-refractivity contribution is 7.11. The monoisotopic (exact) mass is 372 g/mol. The van der Waals surface area contributed by atoms with E-state index in [0.29, 0.717) is 13.1 Å². The van der Waals surface area contributed by atoms with Gasteiger partial charge < -0.3 is 4.90 Å². The van der Waals surface area contributed by atoms with Crippen LogP contribution in [-0.2, 0) is 19.4 Å². The van der Waals surface area contributed by atoms with E-state index < -0.39 is 4.92 Å². The van der Waals surface area contributed by atoms with Crippen LogP contribution >= 0.6 is 11.3 Å². The number of aryl methyl sites for hydroxylation is 2. The molecule has 1 aromatic heterocycles. The molecule has 0 bridgehead atoms. The lowest BCUT2D eigenvalue weighted by Gasteiger charge is -2.34. The van der Waals surface area contributed by atoms with Gasteiger partial charge in [0.25, 0.3) is 11.6 Å². The zero-order valence-electron chi connectivity index (χ0n) is 14.4. The number of amides is 1. The molecule has 1 fully saturated rings. The summed E-state index contributed by atoms with van der Waals surface area (Å²) >= 11 is 1.82. The first-order chi connectivity index (χ1) is 12.6. The van der Waals surface area contributed by atoms with Crippen molar-refractivity contribution in [1.82, 2.24) is 14.8 Å². The minimum atomic E-state index is -0.495. The molecule has 1 amide bonds. The van der Waals surface area contributed by atoms with Crippen molar-refractivity contribution in [3.63, 3.8) is 0 Å². The van der Waals surface area contributed by atoms with Crippen molar-refractivity contribution in [2.24, 2.45) is 0 Å². The van der Waals surface area contributed by atoms with Crippen molar-refractivity contribution in [2.45, 2.75) is 25.8 Å². The smallest absolute Gasteiger partial charge is 0.282 e. The Kier molecular flexibility index (Phi) is 4.69. The van der Waals surface area contributed by atoms with Crippen molar-refractivity contribution >= 4 is 22.9 Å². The van der Waals surface area contributed by atoms with E-state index in [1.807, 2.05) is 11.3 Å². The van der Waals surface area contributed by atoms with Gasteiger partial charge in [-0.05, 0) is 25.3 Å². The second kappa shape index (κ2) is 7.13. The van der Waals surface area contributed by atoms with Crippen LogP contribution in [0.1, 0.15) is 32.4 Å². The number of thiazole rings is 1. The molecule has 2 aromatic rings. The van der Waals surface area contributed by atoms with Crippen LogP contribution in [0.3, 0.4) is 0 Å². The summed E-state index contributed by atoms with van der Waals surface area (Å²) in [5, 5.41) is 12.3. The zero-order valence-corrected chi connectivity index (χ0v) is 15.2. The van der Waals surface area contributed by atoms with Crippen LogP contribution in [0.4, 0.5) is 5.69 Å². The van der Waals surface area contributed by atoms with Gasteiger partial charge >= 0.3 is 0 Å². The van der Waals surface area contributed by atoms with E-state index in [2.05, 4.69) is 4.90 Å². The number of rotatable bonds is 4. The Morgan fingerprint density at radius 2 is 1.96 bits per heavy atom.